The third-order valence-electron chi connectivity index (χ3n) is 5.80. The molecule has 2 aromatic rings. The van der Waals surface area contributed by atoms with Crippen molar-refractivity contribution in [2.45, 2.75) is 41.2 Å². The molecule has 4 unspecified atom stereocenters. The molecular formula is C21H27ClN4O3S. The molecule has 2 aliphatic rings. The van der Waals surface area contributed by atoms with E-state index in [-0.39, 0.29) is 11.2 Å². The Hall–Kier alpha value is -1.58. The van der Waals surface area contributed by atoms with Crippen molar-refractivity contribution in [1.82, 2.24) is 9.97 Å². The number of aliphatic hydroxyl groups is 2. The van der Waals surface area contributed by atoms with Gasteiger partial charge in [-0.05, 0) is 30.9 Å². The Morgan fingerprint density at radius 3 is 2.80 bits per heavy atom. The van der Waals surface area contributed by atoms with E-state index in [2.05, 4.69) is 27.4 Å². The zero-order valence-electron chi connectivity index (χ0n) is 17.3. The maximum Gasteiger partial charge on any atom is 0.228 e. The lowest BCUT2D eigenvalue weighted by Crippen LogP contribution is -2.48. The first kappa shape index (κ1) is 21.6. The molecule has 7 nitrogen and oxygen atoms in total. The van der Waals surface area contributed by atoms with E-state index in [9.17, 15) is 10.2 Å². The largest absolute Gasteiger partial charge is 0.388 e. The Labute approximate surface area is 185 Å². The molecule has 1 saturated carbocycles. The Kier molecular flexibility index (Phi) is 6.14. The molecule has 162 valence electrons. The number of halogens is 1. The van der Waals surface area contributed by atoms with E-state index >= 15 is 0 Å². The van der Waals surface area contributed by atoms with Gasteiger partial charge in [-0.2, -0.15) is 4.98 Å². The summed E-state index contributed by atoms with van der Waals surface area (Å²) in [5.74, 6) is 0.756. The molecule has 2 heterocycles. The average Bonchev–Trinajstić information content (AvgIpc) is 3.24. The van der Waals surface area contributed by atoms with E-state index in [1.807, 2.05) is 26.2 Å². The van der Waals surface area contributed by atoms with E-state index in [0.717, 1.165) is 12.0 Å². The van der Waals surface area contributed by atoms with Gasteiger partial charge in [-0.15, -0.1) is 11.8 Å². The summed E-state index contributed by atoms with van der Waals surface area (Å²) in [6, 6.07) is 8.26. The summed E-state index contributed by atoms with van der Waals surface area (Å²) in [5.41, 5.74) is 0.500. The van der Waals surface area contributed by atoms with Crippen molar-refractivity contribution in [3.8, 4) is 0 Å². The molecule has 0 amide bonds. The van der Waals surface area contributed by atoms with Gasteiger partial charge >= 0.3 is 0 Å². The number of hydrogen-bond acceptors (Lipinski definition) is 8. The first-order valence-corrected chi connectivity index (χ1v) is 11.2. The van der Waals surface area contributed by atoms with Crippen molar-refractivity contribution in [3.05, 3.63) is 40.5 Å². The lowest BCUT2D eigenvalue weighted by atomic mass is 10.0. The van der Waals surface area contributed by atoms with Crippen LogP contribution in [0.3, 0.4) is 0 Å². The van der Waals surface area contributed by atoms with Crippen molar-refractivity contribution in [2.75, 3.05) is 38.0 Å². The van der Waals surface area contributed by atoms with Gasteiger partial charge in [0.1, 0.15) is 17.1 Å². The minimum atomic E-state index is -1.50. The zero-order chi connectivity index (χ0) is 21.5. The van der Waals surface area contributed by atoms with E-state index in [1.54, 1.807) is 23.8 Å². The van der Waals surface area contributed by atoms with Crippen LogP contribution in [-0.2, 0) is 11.2 Å². The topological polar surface area (TPSA) is 90.7 Å². The van der Waals surface area contributed by atoms with E-state index < -0.39 is 11.8 Å². The van der Waals surface area contributed by atoms with Crippen LogP contribution in [0.15, 0.2) is 29.2 Å². The van der Waals surface area contributed by atoms with Gasteiger partial charge < -0.3 is 25.2 Å². The maximum atomic E-state index is 11.2. The van der Waals surface area contributed by atoms with Crippen LogP contribution in [0.1, 0.15) is 29.2 Å². The molecule has 0 spiro atoms. The van der Waals surface area contributed by atoms with Gasteiger partial charge in [0, 0.05) is 42.8 Å². The zero-order valence-corrected chi connectivity index (χ0v) is 18.9. The second-order valence-electron chi connectivity index (χ2n) is 8.14. The molecule has 1 aliphatic carbocycles. The first-order chi connectivity index (χ1) is 14.3. The molecule has 1 aromatic heterocycles. The number of nitrogens with one attached hydrogen (secondary N) is 1. The quantitative estimate of drug-likeness (QED) is 0.457. The highest BCUT2D eigenvalue weighted by Crippen LogP contribution is 2.50. The van der Waals surface area contributed by atoms with Gasteiger partial charge in [-0.1, -0.05) is 29.8 Å². The Morgan fingerprint density at radius 2 is 2.10 bits per heavy atom. The lowest BCUT2D eigenvalue weighted by Gasteiger charge is -2.32. The molecule has 30 heavy (non-hydrogen) atoms. The normalized spacial score (nSPS) is 27.9. The highest BCUT2D eigenvalue weighted by molar-refractivity contribution is 7.99. The smallest absolute Gasteiger partial charge is 0.228 e. The predicted molar refractivity (Wildman–Crippen MR) is 119 cm³/mol. The van der Waals surface area contributed by atoms with E-state index in [4.69, 9.17) is 16.3 Å². The lowest BCUT2D eigenvalue weighted by molar-refractivity contribution is -0.0575. The third-order valence-corrected chi connectivity index (χ3v) is 7.43. The monoisotopic (exact) mass is 450 g/mol. The Morgan fingerprint density at radius 1 is 1.33 bits per heavy atom. The number of rotatable bonds is 6. The molecule has 9 heteroatoms. The fraction of sp³-hybridized carbons (Fsp3) is 0.524. The van der Waals surface area contributed by atoms with Crippen molar-refractivity contribution in [2.24, 2.45) is 5.92 Å². The molecule has 1 fully saturated rings. The number of ether oxygens (including phenoxy) is 1. The summed E-state index contributed by atoms with van der Waals surface area (Å²) in [6.45, 7) is 0.388. The SMILES string of the molecule is COCC1CCC(O)(Nc2nc(N(C)C)nc(Cl)c2C2Cc3ccccc3S2)C1O. The molecule has 0 saturated heterocycles. The maximum absolute atomic E-state index is 11.2. The summed E-state index contributed by atoms with van der Waals surface area (Å²) in [7, 11) is 5.27. The summed E-state index contributed by atoms with van der Waals surface area (Å²) in [4.78, 5) is 12.1. The Bertz CT molecular complexity index is 906. The number of methoxy groups -OCH3 is 1. The highest BCUT2D eigenvalue weighted by atomic mass is 35.5. The molecule has 0 radical (unpaired) electrons. The van der Waals surface area contributed by atoms with Crippen molar-refractivity contribution >= 4 is 35.1 Å². The number of fused-ring (bicyclic) bond motifs is 1. The summed E-state index contributed by atoms with van der Waals surface area (Å²) >= 11 is 8.37. The molecule has 1 aromatic carbocycles. The number of hydrogen-bond donors (Lipinski definition) is 3. The fourth-order valence-corrected chi connectivity index (χ4v) is 5.92. The van der Waals surface area contributed by atoms with Crippen LogP contribution < -0.4 is 10.2 Å². The number of thioether (sulfide) groups is 1. The van der Waals surface area contributed by atoms with E-state index in [0.29, 0.717) is 36.4 Å². The van der Waals surface area contributed by atoms with Gasteiger partial charge in [0.2, 0.25) is 5.95 Å². The molecule has 0 bridgehead atoms. The van der Waals surface area contributed by atoms with Crippen LogP contribution in [0.5, 0.6) is 0 Å². The highest BCUT2D eigenvalue weighted by Gasteiger charge is 2.47. The van der Waals surface area contributed by atoms with Crippen molar-refractivity contribution in [3.63, 3.8) is 0 Å². The third kappa shape index (κ3) is 3.99. The Balaban J connectivity index is 1.70. The fourth-order valence-electron chi connectivity index (χ4n) is 4.19. The number of aliphatic hydroxyl groups excluding tert-OH is 1. The summed E-state index contributed by atoms with van der Waals surface area (Å²) in [5, 5.41) is 25.5. The van der Waals surface area contributed by atoms with Crippen LogP contribution in [0.2, 0.25) is 5.15 Å². The summed E-state index contributed by atoms with van der Waals surface area (Å²) in [6.07, 6.45) is 0.859. The van der Waals surface area contributed by atoms with Crippen LogP contribution in [0.4, 0.5) is 11.8 Å². The number of benzene rings is 1. The minimum Gasteiger partial charge on any atom is -0.388 e. The van der Waals surface area contributed by atoms with Crippen molar-refractivity contribution < 1.29 is 14.9 Å². The van der Waals surface area contributed by atoms with Gasteiger partial charge in [0.25, 0.3) is 0 Å². The van der Waals surface area contributed by atoms with Gasteiger partial charge in [0.05, 0.1) is 6.61 Å². The molecule has 1 aliphatic heterocycles. The second kappa shape index (κ2) is 8.51. The predicted octanol–water partition coefficient (Wildman–Crippen LogP) is 3.10. The minimum absolute atomic E-state index is 0.0190. The van der Waals surface area contributed by atoms with Crippen LogP contribution in [0, 0.1) is 5.92 Å². The number of anilines is 2. The van der Waals surface area contributed by atoms with E-state index in [1.165, 1.54) is 10.5 Å². The van der Waals surface area contributed by atoms with Gasteiger partial charge in [0.15, 0.2) is 5.72 Å². The average molecular weight is 451 g/mol. The summed E-state index contributed by atoms with van der Waals surface area (Å²) < 4.78 is 5.19. The second-order valence-corrected chi connectivity index (χ2v) is 9.74. The van der Waals surface area contributed by atoms with Crippen LogP contribution in [0.25, 0.3) is 0 Å². The standard InChI is InChI=1S/C21H27ClN4O3S/c1-26(2)20-23-18(22)16(15-10-12-6-4-5-7-14(12)30-15)19(24-20)25-21(28)9-8-13(11-29-3)17(21)27/h4-7,13,15,17,27-28H,8-11H2,1-3H3,(H,23,24,25). The number of aromatic nitrogens is 2. The van der Waals surface area contributed by atoms with Gasteiger partial charge in [-0.25, -0.2) is 4.98 Å². The van der Waals surface area contributed by atoms with Crippen LogP contribution in [-0.4, -0.2) is 59.8 Å². The van der Waals surface area contributed by atoms with Crippen LogP contribution >= 0.6 is 23.4 Å². The van der Waals surface area contributed by atoms with Gasteiger partial charge in [-0.3, -0.25) is 0 Å². The molecule has 4 rings (SSSR count). The number of nitrogens with zero attached hydrogens (tertiary/aromatic N) is 3. The molecule has 3 N–H and O–H groups in total. The molecule has 4 atom stereocenters. The van der Waals surface area contributed by atoms with Crippen molar-refractivity contribution in [1.29, 1.82) is 0 Å². The first-order valence-electron chi connectivity index (χ1n) is 9.99. The molecular weight excluding hydrogens is 424 g/mol.